The van der Waals surface area contributed by atoms with E-state index in [-0.39, 0.29) is 0 Å². The van der Waals surface area contributed by atoms with E-state index in [1.807, 2.05) is 43.3 Å². The van der Waals surface area contributed by atoms with Crippen molar-refractivity contribution in [3.05, 3.63) is 60.2 Å². The van der Waals surface area contributed by atoms with E-state index in [1.54, 1.807) is 12.4 Å². The highest BCUT2D eigenvalue weighted by atomic mass is 16.5. The Labute approximate surface area is 123 Å². The largest absolute Gasteiger partial charge is 0.493 e. The fraction of sp³-hybridized carbons (Fsp3) is 0.176. The number of hydrogen-bond donors (Lipinski definition) is 1. The minimum absolute atomic E-state index is 0.581. The number of benzene rings is 1. The van der Waals surface area contributed by atoms with E-state index in [1.165, 1.54) is 0 Å². The van der Waals surface area contributed by atoms with Crippen LogP contribution in [0.3, 0.4) is 0 Å². The van der Waals surface area contributed by atoms with Gasteiger partial charge in [-0.1, -0.05) is 6.07 Å². The highest BCUT2D eigenvalue weighted by Crippen LogP contribution is 2.30. The lowest BCUT2D eigenvalue weighted by atomic mass is 10.1. The van der Waals surface area contributed by atoms with Crippen molar-refractivity contribution in [1.82, 2.24) is 9.97 Å². The van der Waals surface area contributed by atoms with E-state index in [4.69, 9.17) is 10.5 Å². The summed E-state index contributed by atoms with van der Waals surface area (Å²) in [5, 5.41) is 1.93. The number of ether oxygens (including phenoxy) is 1. The molecule has 0 aliphatic carbocycles. The van der Waals surface area contributed by atoms with E-state index in [0.717, 1.165) is 40.0 Å². The van der Waals surface area contributed by atoms with Crippen LogP contribution in [0.2, 0.25) is 0 Å². The summed E-state index contributed by atoms with van der Waals surface area (Å²) >= 11 is 0. The Balaban J connectivity index is 1.81. The molecule has 106 valence electrons. The van der Waals surface area contributed by atoms with Gasteiger partial charge in [0, 0.05) is 46.7 Å². The number of nitrogen functional groups attached to an aromatic ring is 1. The van der Waals surface area contributed by atoms with Gasteiger partial charge in [-0.25, -0.2) is 0 Å². The third-order valence-corrected chi connectivity index (χ3v) is 3.37. The highest BCUT2D eigenvalue weighted by molar-refractivity contribution is 5.96. The summed E-state index contributed by atoms with van der Waals surface area (Å²) in [6.07, 6.45) is 4.37. The topological polar surface area (TPSA) is 61.0 Å². The molecule has 2 aromatic heterocycles. The monoisotopic (exact) mass is 279 g/mol. The standard InChI is InChI=1S/C17H17N3O/c1-12-10-14-15(11-20-12)16(18)5-6-17(14)21-9-7-13-4-2-3-8-19-13/h2-6,8,10-11H,7,9,18H2,1H3. The first-order chi connectivity index (χ1) is 10.2. The molecule has 0 amide bonds. The highest BCUT2D eigenvalue weighted by Gasteiger charge is 2.06. The van der Waals surface area contributed by atoms with E-state index in [2.05, 4.69) is 9.97 Å². The zero-order chi connectivity index (χ0) is 14.7. The van der Waals surface area contributed by atoms with Gasteiger partial charge >= 0.3 is 0 Å². The molecule has 0 radical (unpaired) electrons. The minimum Gasteiger partial charge on any atom is -0.493 e. The zero-order valence-electron chi connectivity index (χ0n) is 11.9. The number of nitrogens with two attached hydrogens (primary N) is 1. The molecule has 0 spiro atoms. The molecule has 0 aliphatic heterocycles. The van der Waals surface area contributed by atoms with Gasteiger partial charge in [0.15, 0.2) is 0 Å². The Hall–Kier alpha value is -2.62. The van der Waals surface area contributed by atoms with Crippen LogP contribution in [0.4, 0.5) is 5.69 Å². The first kappa shape index (κ1) is 13.4. The number of rotatable bonds is 4. The molecule has 0 fully saturated rings. The van der Waals surface area contributed by atoms with Crippen LogP contribution in [-0.2, 0) is 6.42 Å². The van der Waals surface area contributed by atoms with Crippen LogP contribution in [-0.4, -0.2) is 16.6 Å². The Bertz CT molecular complexity index is 757. The summed E-state index contributed by atoms with van der Waals surface area (Å²) in [7, 11) is 0. The van der Waals surface area contributed by atoms with Gasteiger partial charge in [0.25, 0.3) is 0 Å². The molecule has 0 unspecified atom stereocenters. The third kappa shape index (κ3) is 2.94. The SMILES string of the molecule is Cc1cc2c(OCCc3ccccn3)ccc(N)c2cn1. The quantitative estimate of drug-likeness (QED) is 0.745. The summed E-state index contributed by atoms with van der Waals surface area (Å²) in [4.78, 5) is 8.58. The van der Waals surface area contributed by atoms with Gasteiger partial charge in [-0.2, -0.15) is 0 Å². The normalized spacial score (nSPS) is 10.7. The maximum Gasteiger partial charge on any atom is 0.127 e. The number of pyridine rings is 2. The third-order valence-electron chi connectivity index (χ3n) is 3.37. The van der Waals surface area contributed by atoms with E-state index >= 15 is 0 Å². The Morgan fingerprint density at radius 1 is 1.10 bits per heavy atom. The second-order valence-electron chi connectivity index (χ2n) is 4.94. The summed E-state index contributed by atoms with van der Waals surface area (Å²) in [6.45, 7) is 2.54. The molecule has 0 saturated heterocycles. The first-order valence-corrected chi connectivity index (χ1v) is 6.91. The molecular formula is C17H17N3O. The number of anilines is 1. The molecule has 0 atom stereocenters. The molecule has 0 bridgehead atoms. The number of nitrogens with zero attached hydrogens (tertiary/aromatic N) is 2. The van der Waals surface area contributed by atoms with Crippen molar-refractivity contribution in [2.45, 2.75) is 13.3 Å². The maximum atomic E-state index is 5.99. The average Bonchev–Trinajstić information content (AvgIpc) is 2.50. The molecule has 0 aliphatic rings. The van der Waals surface area contributed by atoms with Gasteiger partial charge in [0.05, 0.1) is 6.61 Å². The van der Waals surface area contributed by atoms with Crippen LogP contribution in [0, 0.1) is 6.92 Å². The lowest BCUT2D eigenvalue weighted by Crippen LogP contribution is -2.03. The van der Waals surface area contributed by atoms with Gasteiger partial charge < -0.3 is 10.5 Å². The van der Waals surface area contributed by atoms with Crippen LogP contribution in [0.1, 0.15) is 11.4 Å². The van der Waals surface area contributed by atoms with Crippen molar-refractivity contribution < 1.29 is 4.74 Å². The second-order valence-corrected chi connectivity index (χ2v) is 4.94. The predicted molar refractivity (Wildman–Crippen MR) is 84.3 cm³/mol. The molecule has 3 aromatic rings. The van der Waals surface area contributed by atoms with E-state index in [9.17, 15) is 0 Å². The lowest BCUT2D eigenvalue weighted by Gasteiger charge is -2.11. The summed E-state index contributed by atoms with van der Waals surface area (Å²) in [5.41, 5.74) is 8.68. The fourth-order valence-electron chi connectivity index (χ4n) is 2.28. The van der Waals surface area contributed by atoms with Crippen molar-refractivity contribution in [1.29, 1.82) is 0 Å². The molecule has 2 N–H and O–H groups in total. The summed E-state index contributed by atoms with van der Waals surface area (Å²) in [5.74, 6) is 0.834. The van der Waals surface area contributed by atoms with Crippen LogP contribution in [0.15, 0.2) is 48.8 Å². The Kier molecular flexibility index (Phi) is 3.69. The molecule has 21 heavy (non-hydrogen) atoms. The molecular weight excluding hydrogens is 262 g/mol. The van der Waals surface area contributed by atoms with Crippen molar-refractivity contribution in [3.63, 3.8) is 0 Å². The molecule has 2 heterocycles. The number of hydrogen-bond acceptors (Lipinski definition) is 4. The fourth-order valence-corrected chi connectivity index (χ4v) is 2.28. The smallest absolute Gasteiger partial charge is 0.127 e. The van der Waals surface area contributed by atoms with Crippen molar-refractivity contribution in [2.24, 2.45) is 0 Å². The van der Waals surface area contributed by atoms with Crippen LogP contribution in [0.25, 0.3) is 10.8 Å². The van der Waals surface area contributed by atoms with Gasteiger partial charge in [-0.05, 0) is 37.3 Å². The van der Waals surface area contributed by atoms with Crippen molar-refractivity contribution >= 4 is 16.5 Å². The van der Waals surface area contributed by atoms with Crippen molar-refractivity contribution in [2.75, 3.05) is 12.3 Å². The van der Waals surface area contributed by atoms with Crippen LogP contribution in [0.5, 0.6) is 5.75 Å². The first-order valence-electron chi connectivity index (χ1n) is 6.91. The molecule has 4 nitrogen and oxygen atoms in total. The van der Waals surface area contributed by atoms with Gasteiger partial charge in [0.1, 0.15) is 5.75 Å². The number of aryl methyl sites for hydroxylation is 1. The van der Waals surface area contributed by atoms with E-state index < -0.39 is 0 Å². The van der Waals surface area contributed by atoms with Crippen LogP contribution >= 0.6 is 0 Å². The maximum absolute atomic E-state index is 5.99. The van der Waals surface area contributed by atoms with Crippen molar-refractivity contribution in [3.8, 4) is 5.75 Å². The average molecular weight is 279 g/mol. The predicted octanol–water partition coefficient (Wildman–Crippen LogP) is 3.14. The Morgan fingerprint density at radius 3 is 2.81 bits per heavy atom. The minimum atomic E-state index is 0.581. The van der Waals surface area contributed by atoms with Gasteiger partial charge in [-0.3, -0.25) is 9.97 Å². The number of fused-ring (bicyclic) bond motifs is 1. The Morgan fingerprint density at radius 2 is 2.00 bits per heavy atom. The molecule has 1 aromatic carbocycles. The zero-order valence-corrected chi connectivity index (χ0v) is 11.9. The lowest BCUT2D eigenvalue weighted by molar-refractivity contribution is 0.324. The molecule has 0 saturated carbocycles. The van der Waals surface area contributed by atoms with E-state index in [0.29, 0.717) is 6.61 Å². The van der Waals surface area contributed by atoms with Crippen LogP contribution < -0.4 is 10.5 Å². The number of aromatic nitrogens is 2. The molecule has 3 rings (SSSR count). The van der Waals surface area contributed by atoms with Gasteiger partial charge in [0.2, 0.25) is 0 Å². The van der Waals surface area contributed by atoms with Gasteiger partial charge in [-0.15, -0.1) is 0 Å². The molecule has 4 heteroatoms. The summed E-state index contributed by atoms with van der Waals surface area (Å²) < 4.78 is 5.91. The second kappa shape index (κ2) is 5.79. The summed E-state index contributed by atoms with van der Waals surface area (Å²) in [6, 6.07) is 11.7.